The summed E-state index contributed by atoms with van der Waals surface area (Å²) in [5.74, 6) is -0.178. The molecule has 0 amide bonds. The van der Waals surface area contributed by atoms with Gasteiger partial charge in [0.05, 0.1) is 0 Å². The third-order valence-electron chi connectivity index (χ3n) is 2.47. The second kappa shape index (κ2) is 5.83. The van der Waals surface area contributed by atoms with Gasteiger partial charge in [0.2, 0.25) is 0 Å². The van der Waals surface area contributed by atoms with Gasteiger partial charge in [0.15, 0.2) is 0 Å². The van der Waals surface area contributed by atoms with Gasteiger partial charge in [-0.15, -0.1) is 0 Å². The maximum Gasteiger partial charge on any atom is 0.126 e. The molecule has 0 aliphatic heterocycles. The summed E-state index contributed by atoms with van der Waals surface area (Å²) in [4.78, 5) is 0. The summed E-state index contributed by atoms with van der Waals surface area (Å²) in [5.41, 5.74) is 7.62. The molecular weight excluding hydrogens is 193 g/mol. The normalized spacial score (nSPS) is 12.8. The fraction of sp³-hybridized carbons (Fsp3) is 0.500. The van der Waals surface area contributed by atoms with Crippen molar-refractivity contribution >= 4 is 0 Å². The lowest BCUT2D eigenvalue weighted by atomic mass is 10.0. The number of ether oxygens (including phenoxy) is 1. The van der Waals surface area contributed by atoms with Crippen molar-refractivity contribution in [3.8, 4) is 0 Å². The molecular formula is C12H18FNO. The van der Waals surface area contributed by atoms with Gasteiger partial charge in [-0.1, -0.05) is 12.1 Å². The van der Waals surface area contributed by atoms with E-state index in [4.69, 9.17) is 10.5 Å². The summed E-state index contributed by atoms with van der Waals surface area (Å²) >= 11 is 0. The second-order valence-electron chi connectivity index (χ2n) is 3.75. The maximum atomic E-state index is 13.0. The largest absolute Gasteiger partial charge is 0.385 e. The van der Waals surface area contributed by atoms with Crippen LogP contribution in [0.25, 0.3) is 0 Å². The Bertz CT molecular complexity index is 314. The Morgan fingerprint density at radius 3 is 2.80 bits per heavy atom. The Kier molecular flexibility index (Phi) is 4.72. The number of hydrogen-bond acceptors (Lipinski definition) is 2. The van der Waals surface area contributed by atoms with Crippen molar-refractivity contribution in [1.29, 1.82) is 0 Å². The van der Waals surface area contributed by atoms with E-state index in [9.17, 15) is 4.39 Å². The van der Waals surface area contributed by atoms with E-state index >= 15 is 0 Å². The fourth-order valence-corrected chi connectivity index (χ4v) is 1.51. The van der Waals surface area contributed by atoms with Gasteiger partial charge in [-0.05, 0) is 37.0 Å². The average molecular weight is 211 g/mol. The van der Waals surface area contributed by atoms with Crippen molar-refractivity contribution in [2.75, 3.05) is 13.7 Å². The standard InChI is InChI=1S/C12H18FNO/c1-9-8-10(5-6-11(9)13)12(14)4-3-7-15-2/h5-6,8,12H,3-4,7,14H2,1-2H3. The molecule has 0 saturated heterocycles. The second-order valence-corrected chi connectivity index (χ2v) is 3.75. The topological polar surface area (TPSA) is 35.2 Å². The van der Waals surface area contributed by atoms with Crippen molar-refractivity contribution in [2.45, 2.75) is 25.8 Å². The van der Waals surface area contributed by atoms with Gasteiger partial charge < -0.3 is 10.5 Å². The number of rotatable bonds is 5. The first-order chi connectivity index (χ1) is 7.15. The van der Waals surface area contributed by atoms with Crippen LogP contribution in [0.4, 0.5) is 4.39 Å². The Morgan fingerprint density at radius 1 is 1.47 bits per heavy atom. The molecule has 3 heteroatoms. The van der Waals surface area contributed by atoms with Crippen molar-refractivity contribution in [3.05, 3.63) is 35.1 Å². The van der Waals surface area contributed by atoms with Crippen molar-refractivity contribution in [2.24, 2.45) is 5.73 Å². The van der Waals surface area contributed by atoms with Crippen molar-refractivity contribution in [3.63, 3.8) is 0 Å². The molecule has 0 saturated carbocycles. The van der Waals surface area contributed by atoms with Crippen LogP contribution in [0, 0.1) is 12.7 Å². The molecule has 0 bridgehead atoms. The minimum Gasteiger partial charge on any atom is -0.385 e. The highest BCUT2D eigenvalue weighted by molar-refractivity contribution is 5.26. The maximum absolute atomic E-state index is 13.0. The first-order valence-electron chi connectivity index (χ1n) is 5.15. The minimum absolute atomic E-state index is 0.0283. The van der Waals surface area contributed by atoms with E-state index in [0.29, 0.717) is 12.2 Å². The number of benzene rings is 1. The first-order valence-corrected chi connectivity index (χ1v) is 5.15. The molecule has 0 aliphatic rings. The third-order valence-corrected chi connectivity index (χ3v) is 2.47. The quantitative estimate of drug-likeness (QED) is 0.760. The number of halogens is 1. The lowest BCUT2D eigenvalue weighted by Gasteiger charge is -2.12. The van der Waals surface area contributed by atoms with E-state index < -0.39 is 0 Å². The van der Waals surface area contributed by atoms with E-state index in [-0.39, 0.29) is 11.9 Å². The van der Waals surface area contributed by atoms with Crippen LogP contribution in [0.1, 0.15) is 30.0 Å². The summed E-state index contributed by atoms with van der Waals surface area (Å²) in [5, 5.41) is 0. The summed E-state index contributed by atoms with van der Waals surface area (Å²) in [7, 11) is 1.67. The molecule has 0 spiro atoms. The van der Waals surface area contributed by atoms with E-state index in [1.807, 2.05) is 6.07 Å². The average Bonchev–Trinajstić information content (AvgIpc) is 2.22. The predicted molar refractivity (Wildman–Crippen MR) is 59.2 cm³/mol. The zero-order chi connectivity index (χ0) is 11.3. The Labute approximate surface area is 90.2 Å². The Hall–Kier alpha value is -0.930. The monoisotopic (exact) mass is 211 g/mol. The number of aryl methyl sites for hydroxylation is 1. The number of nitrogens with two attached hydrogens (primary N) is 1. The lowest BCUT2D eigenvalue weighted by molar-refractivity contribution is 0.190. The van der Waals surface area contributed by atoms with Gasteiger partial charge in [-0.25, -0.2) is 4.39 Å². The van der Waals surface area contributed by atoms with Gasteiger partial charge >= 0.3 is 0 Å². The van der Waals surface area contributed by atoms with Crippen molar-refractivity contribution < 1.29 is 9.13 Å². The smallest absolute Gasteiger partial charge is 0.126 e. The molecule has 1 atom stereocenters. The van der Waals surface area contributed by atoms with Crippen molar-refractivity contribution in [1.82, 2.24) is 0 Å². The predicted octanol–water partition coefficient (Wildman–Crippen LogP) is 2.56. The van der Waals surface area contributed by atoms with Crippen LogP contribution >= 0.6 is 0 Å². The molecule has 0 fully saturated rings. The van der Waals surface area contributed by atoms with Crippen LogP contribution in [0.2, 0.25) is 0 Å². The van der Waals surface area contributed by atoms with Crippen LogP contribution in [-0.4, -0.2) is 13.7 Å². The zero-order valence-corrected chi connectivity index (χ0v) is 9.29. The third kappa shape index (κ3) is 3.61. The first kappa shape index (κ1) is 12.1. The molecule has 0 heterocycles. The zero-order valence-electron chi connectivity index (χ0n) is 9.29. The summed E-state index contributed by atoms with van der Waals surface area (Å²) in [6.45, 7) is 2.47. The van der Waals surface area contributed by atoms with Gasteiger partial charge in [0.25, 0.3) is 0 Å². The lowest BCUT2D eigenvalue weighted by Crippen LogP contribution is -2.11. The molecule has 0 aromatic heterocycles. The Morgan fingerprint density at radius 2 is 2.20 bits per heavy atom. The van der Waals surface area contributed by atoms with Crippen LogP contribution in [0.15, 0.2) is 18.2 Å². The van der Waals surface area contributed by atoms with E-state index in [2.05, 4.69) is 0 Å². The molecule has 84 valence electrons. The molecule has 0 radical (unpaired) electrons. The summed E-state index contributed by atoms with van der Waals surface area (Å²) in [6.07, 6.45) is 1.78. The molecule has 1 aromatic rings. The number of methoxy groups -OCH3 is 1. The van der Waals surface area contributed by atoms with E-state index in [1.54, 1.807) is 20.1 Å². The molecule has 1 rings (SSSR count). The van der Waals surface area contributed by atoms with Crippen LogP contribution in [-0.2, 0) is 4.74 Å². The fourth-order valence-electron chi connectivity index (χ4n) is 1.51. The molecule has 2 nitrogen and oxygen atoms in total. The van der Waals surface area contributed by atoms with Crippen LogP contribution in [0.3, 0.4) is 0 Å². The van der Waals surface area contributed by atoms with E-state index in [0.717, 1.165) is 18.4 Å². The molecule has 1 unspecified atom stereocenters. The van der Waals surface area contributed by atoms with Gasteiger partial charge in [-0.3, -0.25) is 0 Å². The molecule has 2 N–H and O–H groups in total. The minimum atomic E-state index is -0.178. The molecule has 0 aliphatic carbocycles. The van der Waals surface area contributed by atoms with Crippen LogP contribution < -0.4 is 5.73 Å². The molecule has 1 aromatic carbocycles. The summed E-state index contributed by atoms with van der Waals surface area (Å²) < 4.78 is 18.0. The van der Waals surface area contributed by atoms with Crippen LogP contribution in [0.5, 0.6) is 0 Å². The SMILES string of the molecule is COCCCC(N)c1ccc(F)c(C)c1. The van der Waals surface area contributed by atoms with E-state index in [1.165, 1.54) is 6.07 Å². The van der Waals surface area contributed by atoms with Gasteiger partial charge in [-0.2, -0.15) is 0 Å². The highest BCUT2D eigenvalue weighted by Gasteiger charge is 2.07. The summed E-state index contributed by atoms with van der Waals surface area (Å²) in [6, 6.07) is 5.01. The molecule has 15 heavy (non-hydrogen) atoms. The Balaban J connectivity index is 2.57. The highest BCUT2D eigenvalue weighted by atomic mass is 19.1. The van der Waals surface area contributed by atoms with Gasteiger partial charge in [0, 0.05) is 19.8 Å². The number of hydrogen-bond donors (Lipinski definition) is 1. The highest BCUT2D eigenvalue weighted by Crippen LogP contribution is 2.18. The van der Waals surface area contributed by atoms with Gasteiger partial charge in [0.1, 0.15) is 5.82 Å².